The predicted molar refractivity (Wildman–Crippen MR) is 60.2 cm³/mol. The lowest BCUT2D eigenvalue weighted by Crippen LogP contribution is -2.29. The Morgan fingerprint density at radius 1 is 1.21 bits per heavy atom. The van der Waals surface area contributed by atoms with Gasteiger partial charge in [0.1, 0.15) is 0 Å². The largest absolute Gasteiger partial charge is 0.396 e. The highest BCUT2D eigenvalue weighted by Crippen LogP contribution is 2.23. The fourth-order valence-electron chi connectivity index (χ4n) is 1.67. The molecule has 0 aliphatic carbocycles. The maximum atomic E-state index is 10.0. The monoisotopic (exact) mass is 202 g/mol. The third kappa shape index (κ3) is 5.61. The summed E-state index contributed by atoms with van der Waals surface area (Å²) in [6, 6.07) is 0. The molecule has 2 nitrogen and oxygen atoms in total. The van der Waals surface area contributed by atoms with Crippen molar-refractivity contribution in [3.8, 4) is 0 Å². The topological polar surface area (TPSA) is 40.5 Å². The summed E-state index contributed by atoms with van der Waals surface area (Å²) >= 11 is 0. The van der Waals surface area contributed by atoms with Crippen molar-refractivity contribution in [3.63, 3.8) is 0 Å². The zero-order valence-corrected chi connectivity index (χ0v) is 9.92. The number of aliphatic hydroxyl groups is 2. The van der Waals surface area contributed by atoms with Crippen LogP contribution in [0.1, 0.15) is 59.3 Å². The van der Waals surface area contributed by atoms with Crippen LogP contribution in [-0.4, -0.2) is 22.4 Å². The Labute approximate surface area is 88.3 Å². The third-order valence-electron chi connectivity index (χ3n) is 3.27. The Morgan fingerprint density at radius 3 is 2.29 bits per heavy atom. The normalized spacial score (nSPS) is 17.8. The van der Waals surface area contributed by atoms with E-state index in [0.29, 0.717) is 6.42 Å². The van der Waals surface area contributed by atoms with Gasteiger partial charge >= 0.3 is 0 Å². The zero-order valence-electron chi connectivity index (χ0n) is 9.92. The van der Waals surface area contributed by atoms with Gasteiger partial charge in [-0.1, -0.05) is 40.0 Å². The number of hydrogen-bond donors (Lipinski definition) is 2. The van der Waals surface area contributed by atoms with Crippen LogP contribution in [0.3, 0.4) is 0 Å². The Bertz CT molecular complexity index is 136. The molecule has 0 aliphatic heterocycles. The summed E-state index contributed by atoms with van der Waals surface area (Å²) in [6.07, 6.45) is 5.56. The Morgan fingerprint density at radius 2 is 1.86 bits per heavy atom. The minimum absolute atomic E-state index is 0.0909. The van der Waals surface area contributed by atoms with Crippen LogP contribution in [0.4, 0.5) is 0 Å². The summed E-state index contributed by atoms with van der Waals surface area (Å²) < 4.78 is 0. The van der Waals surface area contributed by atoms with Crippen molar-refractivity contribution in [1.82, 2.24) is 0 Å². The van der Waals surface area contributed by atoms with Gasteiger partial charge in [-0.25, -0.2) is 0 Å². The second-order valence-electron chi connectivity index (χ2n) is 4.46. The van der Waals surface area contributed by atoms with E-state index in [1.807, 2.05) is 6.92 Å². The summed E-state index contributed by atoms with van der Waals surface area (Å²) in [7, 11) is 0. The molecule has 2 N–H and O–H groups in total. The fraction of sp³-hybridized carbons (Fsp3) is 1.00. The van der Waals surface area contributed by atoms with Gasteiger partial charge in [-0.3, -0.25) is 0 Å². The molecular weight excluding hydrogens is 176 g/mol. The van der Waals surface area contributed by atoms with Gasteiger partial charge in [0.25, 0.3) is 0 Å². The van der Waals surface area contributed by atoms with Gasteiger partial charge in [-0.05, 0) is 25.2 Å². The Balaban J connectivity index is 3.72. The second-order valence-corrected chi connectivity index (χ2v) is 4.46. The highest BCUT2D eigenvalue weighted by molar-refractivity contribution is 4.76. The van der Waals surface area contributed by atoms with Crippen molar-refractivity contribution in [2.45, 2.75) is 64.9 Å². The van der Waals surface area contributed by atoms with Gasteiger partial charge in [0.15, 0.2) is 0 Å². The van der Waals surface area contributed by atoms with Gasteiger partial charge in [-0.15, -0.1) is 0 Å². The second kappa shape index (κ2) is 7.24. The summed E-state index contributed by atoms with van der Waals surface area (Å²) in [6.45, 7) is 6.52. The van der Waals surface area contributed by atoms with Gasteiger partial charge in [0.2, 0.25) is 0 Å². The van der Waals surface area contributed by atoms with E-state index >= 15 is 0 Å². The molecule has 2 heteroatoms. The molecule has 2 unspecified atom stereocenters. The lowest BCUT2D eigenvalue weighted by molar-refractivity contribution is 0.00159. The average molecular weight is 202 g/mol. The Hall–Kier alpha value is -0.0800. The van der Waals surface area contributed by atoms with Gasteiger partial charge in [0.05, 0.1) is 5.60 Å². The van der Waals surface area contributed by atoms with E-state index in [2.05, 4.69) is 13.8 Å². The van der Waals surface area contributed by atoms with E-state index in [-0.39, 0.29) is 6.61 Å². The molecule has 2 atom stereocenters. The first-order valence-corrected chi connectivity index (χ1v) is 5.91. The maximum Gasteiger partial charge on any atom is 0.0667 e. The first kappa shape index (κ1) is 13.9. The van der Waals surface area contributed by atoms with E-state index in [4.69, 9.17) is 5.11 Å². The molecule has 0 bridgehead atoms. The Kier molecular flexibility index (Phi) is 7.20. The van der Waals surface area contributed by atoms with Crippen molar-refractivity contribution in [1.29, 1.82) is 0 Å². The third-order valence-corrected chi connectivity index (χ3v) is 3.27. The molecule has 0 aromatic carbocycles. The zero-order chi connectivity index (χ0) is 11.0. The lowest BCUT2D eigenvalue weighted by Gasteiger charge is -2.26. The fourth-order valence-corrected chi connectivity index (χ4v) is 1.67. The average Bonchev–Trinajstić information content (AvgIpc) is 2.18. The summed E-state index contributed by atoms with van der Waals surface area (Å²) in [4.78, 5) is 0. The van der Waals surface area contributed by atoms with E-state index in [9.17, 15) is 5.11 Å². The molecule has 14 heavy (non-hydrogen) atoms. The summed E-state index contributed by atoms with van der Waals surface area (Å²) in [5.74, 6) is 0.755. The van der Waals surface area contributed by atoms with E-state index in [1.54, 1.807) is 0 Å². The number of rotatable bonds is 8. The molecule has 0 amide bonds. The highest BCUT2D eigenvalue weighted by Gasteiger charge is 2.23. The van der Waals surface area contributed by atoms with Crippen molar-refractivity contribution < 1.29 is 10.2 Å². The molecule has 0 rings (SSSR count). The van der Waals surface area contributed by atoms with E-state index < -0.39 is 5.60 Å². The number of aliphatic hydroxyl groups excluding tert-OH is 1. The first-order chi connectivity index (χ1) is 6.58. The molecule has 0 radical (unpaired) electrons. The van der Waals surface area contributed by atoms with Gasteiger partial charge in [0, 0.05) is 6.61 Å². The van der Waals surface area contributed by atoms with Crippen LogP contribution in [0.5, 0.6) is 0 Å². The van der Waals surface area contributed by atoms with Crippen molar-refractivity contribution in [3.05, 3.63) is 0 Å². The van der Waals surface area contributed by atoms with Gasteiger partial charge < -0.3 is 10.2 Å². The number of hydrogen-bond acceptors (Lipinski definition) is 2. The molecular formula is C12H26O2. The lowest BCUT2D eigenvalue weighted by atomic mass is 9.88. The van der Waals surface area contributed by atoms with Gasteiger partial charge in [-0.2, -0.15) is 0 Å². The molecule has 0 aliphatic rings. The standard InChI is InChI=1S/C12H26O2/c1-4-11(3)7-6-8-12(14,5-2)9-10-13/h11,13-14H,4-10H2,1-3H3. The minimum Gasteiger partial charge on any atom is -0.396 e. The molecule has 0 fully saturated rings. The molecule has 86 valence electrons. The highest BCUT2D eigenvalue weighted by atomic mass is 16.3. The van der Waals surface area contributed by atoms with E-state index in [0.717, 1.165) is 25.2 Å². The molecule has 0 heterocycles. The quantitative estimate of drug-likeness (QED) is 0.635. The SMILES string of the molecule is CCC(C)CCCC(O)(CC)CCO. The van der Waals surface area contributed by atoms with Crippen LogP contribution in [0.15, 0.2) is 0 Å². The summed E-state index contributed by atoms with van der Waals surface area (Å²) in [5, 5.41) is 18.9. The molecule has 0 aromatic heterocycles. The minimum atomic E-state index is -0.623. The van der Waals surface area contributed by atoms with Crippen molar-refractivity contribution in [2.75, 3.05) is 6.61 Å². The van der Waals surface area contributed by atoms with Crippen LogP contribution in [-0.2, 0) is 0 Å². The van der Waals surface area contributed by atoms with Crippen LogP contribution in [0.2, 0.25) is 0 Å². The first-order valence-electron chi connectivity index (χ1n) is 5.91. The van der Waals surface area contributed by atoms with Crippen LogP contribution in [0, 0.1) is 5.92 Å². The van der Waals surface area contributed by atoms with Crippen LogP contribution >= 0.6 is 0 Å². The van der Waals surface area contributed by atoms with E-state index in [1.165, 1.54) is 12.8 Å². The maximum absolute atomic E-state index is 10.0. The van der Waals surface area contributed by atoms with Crippen LogP contribution < -0.4 is 0 Å². The summed E-state index contributed by atoms with van der Waals surface area (Å²) in [5.41, 5.74) is -0.623. The molecule has 0 spiro atoms. The van der Waals surface area contributed by atoms with Crippen LogP contribution in [0.25, 0.3) is 0 Å². The van der Waals surface area contributed by atoms with Crippen molar-refractivity contribution >= 4 is 0 Å². The van der Waals surface area contributed by atoms with Crippen molar-refractivity contribution in [2.24, 2.45) is 5.92 Å². The molecule has 0 saturated carbocycles. The predicted octanol–water partition coefficient (Wildman–Crippen LogP) is 2.73. The molecule has 0 aromatic rings. The smallest absolute Gasteiger partial charge is 0.0667 e. The molecule has 0 saturated heterocycles.